The summed E-state index contributed by atoms with van der Waals surface area (Å²) in [6.07, 6.45) is 12.5. The molecule has 0 amide bonds. The van der Waals surface area contributed by atoms with E-state index < -0.39 is 13.7 Å². The van der Waals surface area contributed by atoms with E-state index in [1.165, 1.54) is 51.4 Å². The van der Waals surface area contributed by atoms with Crippen molar-refractivity contribution in [1.29, 1.82) is 0 Å². The summed E-state index contributed by atoms with van der Waals surface area (Å²) in [7, 11) is -1.07. The van der Waals surface area contributed by atoms with E-state index >= 15 is 0 Å². The van der Waals surface area contributed by atoms with Crippen LogP contribution in [0.4, 0.5) is 0 Å². The lowest BCUT2D eigenvalue weighted by molar-refractivity contribution is 0.117. The minimum Gasteiger partial charge on any atom is -0.378 e. The molecular formula is C19H38OSi. The van der Waals surface area contributed by atoms with Gasteiger partial charge in [0.2, 0.25) is 0 Å². The summed E-state index contributed by atoms with van der Waals surface area (Å²) in [6, 6.07) is 1.15. The molecule has 0 aromatic rings. The molecule has 0 aromatic carbocycles. The third-order valence-electron chi connectivity index (χ3n) is 3.87. The zero-order valence-corrected chi connectivity index (χ0v) is 16.2. The third-order valence-corrected chi connectivity index (χ3v) is 5.62. The predicted molar refractivity (Wildman–Crippen MR) is 98.4 cm³/mol. The Balaban J connectivity index is 3.63. The summed E-state index contributed by atoms with van der Waals surface area (Å²) >= 11 is 0. The third kappa shape index (κ3) is 15.9. The molecule has 124 valence electrons. The van der Waals surface area contributed by atoms with Gasteiger partial charge >= 0.3 is 0 Å². The minimum atomic E-state index is -1.07. The van der Waals surface area contributed by atoms with Crippen molar-refractivity contribution in [3.8, 4) is 11.8 Å². The average molecular weight is 311 g/mol. The molecule has 0 saturated carbocycles. The van der Waals surface area contributed by atoms with Crippen molar-refractivity contribution in [2.24, 2.45) is 0 Å². The number of hydrogen-bond acceptors (Lipinski definition) is 1. The molecule has 1 nitrogen and oxygen atoms in total. The van der Waals surface area contributed by atoms with Crippen LogP contribution >= 0.6 is 0 Å². The first-order valence-corrected chi connectivity index (χ1v) is 12.7. The van der Waals surface area contributed by atoms with Crippen LogP contribution in [0.25, 0.3) is 0 Å². The van der Waals surface area contributed by atoms with E-state index in [1.807, 2.05) is 6.92 Å². The fourth-order valence-corrected chi connectivity index (χ4v) is 3.52. The van der Waals surface area contributed by atoms with Gasteiger partial charge in [-0.25, -0.2) is 0 Å². The number of aliphatic hydroxyl groups is 1. The standard InChI is InChI=1S/C19H38OSi/c1-6-7-8-9-10-11-12-13-14-15-16-19(2,20)17-18-21(3,4)5/h20H,6-14,17-18H2,1-5H3. The molecule has 1 unspecified atom stereocenters. The van der Waals surface area contributed by atoms with Gasteiger partial charge in [0.15, 0.2) is 0 Å². The van der Waals surface area contributed by atoms with Crippen molar-refractivity contribution in [3.05, 3.63) is 0 Å². The number of rotatable bonds is 11. The molecule has 2 heteroatoms. The molecule has 0 rings (SSSR count). The van der Waals surface area contributed by atoms with Crippen LogP contribution in [0.15, 0.2) is 0 Å². The first-order valence-electron chi connectivity index (χ1n) is 8.99. The molecule has 0 aliphatic carbocycles. The normalized spacial score (nSPS) is 14.4. The van der Waals surface area contributed by atoms with Gasteiger partial charge in [-0.3, -0.25) is 0 Å². The van der Waals surface area contributed by atoms with E-state index in [2.05, 4.69) is 38.4 Å². The lowest BCUT2D eigenvalue weighted by Gasteiger charge is -2.22. The topological polar surface area (TPSA) is 20.2 Å². The molecule has 0 heterocycles. The molecule has 21 heavy (non-hydrogen) atoms. The van der Waals surface area contributed by atoms with Gasteiger partial charge in [0.25, 0.3) is 0 Å². The molecule has 0 spiro atoms. The first-order chi connectivity index (χ1) is 9.77. The van der Waals surface area contributed by atoms with Gasteiger partial charge < -0.3 is 5.11 Å². The van der Waals surface area contributed by atoms with Crippen molar-refractivity contribution < 1.29 is 5.11 Å². The monoisotopic (exact) mass is 310 g/mol. The van der Waals surface area contributed by atoms with Crippen molar-refractivity contribution in [1.82, 2.24) is 0 Å². The second-order valence-corrected chi connectivity index (χ2v) is 13.5. The lowest BCUT2D eigenvalue weighted by Crippen LogP contribution is -2.28. The molecule has 1 atom stereocenters. The Morgan fingerprint density at radius 3 is 1.95 bits per heavy atom. The second kappa shape index (κ2) is 11.3. The Hall–Kier alpha value is -0.263. The van der Waals surface area contributed by atoms with Gasteiger partial charge in [0.1, 0.15) is 5.60 Å². The highest BCUT2D eigenvalue weighted by Crippen LogP contribution is 2.19. The first kappa shape index (κ1) is 20.7. The summed E-state index contributed by atoms with van der Waals surface area (Å²) in [4.78, 5) is 0. The quantitative estimate of drug-likeness (QED) is 0.282. The van der Waals surface area contributed by atoms with Crippen LogP contribution in [0.3, 0.4) is 0 Å². The largest absolute Gasteiger partial charge is 0.378 e. The van der Waals surface area contributed by atoms with Crippen molar-refractivity contribution in [3.63, 3.8) is 0 Å². The summed E-state index contributed by atoms with van der Waals surface area (Å²) in [5.74, 6) is 6.27. The van der Waals surface area contributed by atoms with Gasteiger partial charge in [0.05, 0.1) is 0 Å². The molecular weight excluding hydrogens is 272 g/mol. The van der Waals surface area contributed by atoms with Crippen LogP contribution < -0.4 is 0 Å². The molecule has 0 bridgehead atoms. The van der Waals surface area contributed by atoms with E-state index in [1.54, 1.807) is 0 Å². The maximum absolute atomic E-state index is 10.2. The van der Waals surface area contributed by atoms with Gasteiger partial charge in [-0.05, 0) is 19.8 Å². The minimum absolute atomic E-state index is 0.777. The van der Waals surface area contributed by atoms with E-state index in [4.69, 9.17) is 0 Å². The second-order valence-electron chi connectivity index (χ2n) is 7.86. The molecule has 0 aliphatic heterocycles. The van der Waals surface area contributed by atoms with Crippen LogP contribution in [0, 0.1) is 11.8 Å². The Bertz CT molecular complexity index is 304. The van der Waals surface area contributed by atoms with E-state index in [9.17, 15) is 5.11 Å². The van der Waals surface area contributed by atoms with Gasteiger partial charge in [-0.15, -0.1) is 5.92 Å². The highest BCUT2D eigenvalue weighted by Gasteiger charge is 2.22. The molecule has 0 radical (unpaired) electrons. The summed E-state index contributed by atoms with van der Waals surface area (Å²) in [5.41, 5.74) is -0.777. The molecule has 0 aromatic heterocycles. The van der Waals surface area contributed by atoms with Crippen LogP contribution in [0.2, 0.25) is 25.7 Å². The Morgan fingerprint density at radius 2 is 1.43 bits per heavy atom. The summed E-state index contributed by atoms with van der Waals surface area (Å²) in [6.45, 7) is 11.2. The molecule has 0 aliphatic rings. The van der Waals surface area contributed by atoms with Crippen LogP contribution in [0.5, 0.6) is 0 Å². The average Bonchev–Trinajstić information content (AvgIpc) is 2.38. The molecule has 0 fully saturated rings. The zero-order chi connectivity index (χ0) is 16.2. The SMILES string of the molecule is CCCCCCCCCCC#CC(C)(O)CC[Si](C)(C)C. The van der Waals surface area contributed by atoms with E-state index in [0.717, 1.165) is 18.9 Å². The molecule has 0 saturated heterocycles. The predicted octanol–water partition coefficient (Wildman–Crippen LogP) is 6.00. The highest BCUT2D eigenvalue weighted by atomic mass is 28.3. The summed E-state index contributed by atoms with van der Waals surface area (Å²) < 4.78 is 0. The number of unbranched alkanes of at least 4 members (excludes halogenated alkanes) is 8. The number of hydrogen-bond donors (Lipinski definition) is 1. The zero-order valence-electron chi connectivity index (χ0n) is 15.2. The Kier molecular flexibility index (Phi) is 11.2. The van der Waals surface area contributed by atoms with Gasteiger partial charge in [-0.1, -0.05) is 83.5 Å². The lowest BCUT2D eigenvalue weighted by atomic mass is 10.0. The molecule has 1 N–H and O–H groups in total. The fraction of sp³-hybridized carbons (Fsp3) is 0.895. The highest BCUT2D eigenvalue weighted by molar-refractivity contribution is 6.76. The van der Waals surface area contributed by atoms with Crippen molar-refractivity contribution in [2.75, 3.05) is 0 Å². The maximum atomic E-state index is 10.2. The van der Waals surface area contributed by atoms with Crippen LogP contribution in [0.1, 0.15) is 78.1 Å². The van der Waals surface area contributed by atoms with Crippen molar-refractivity contribution >= 4 is 8.07 Å². The summed E-state index contributed by atoms with van der Waals surface area (Å²) in [5, 5.41) is 10.2. The Morgan fingerprint density at radius 1 is 0.905 bits per heavy atom. The smallest absolute Gasteiger partial charge is 0.122 e. The van der Waals surface area contributed by atoms with E-state index in [-0.39, 0.29) is 0 Å². The Labute approximate surface area is 134 Å². The van der Waals surface area contributed by atoms with Crippen molar-refractivity contribution in [2.45, 2.75) is 109 Å². The van der Waals surface area contributed by atoms with Crippen LogP contribution in [-0.2, 0) is 0 Å². The van der Waals surface area contributed by atoms with Crippen LogP contribution in [-0.4, -0.2) is 18.8 Å². The maximum Gasteiger partial charge on any atom is 0.122 e. The van der Waals surface area contributed by atoms with Gasteiger partial charge in [-0.2, -0.15) is 0 Å². The fourth-order valence-electron chi connectivity index (χ4n) is 2.28. The van der Waals surface area contributed by atoms with E-state index in [0.29, 0.717) is 0 Å². The van der Waals surface area contributed by atoms with Gasteiger partial charge in [0, 0.05) is 14.5 Å².